The monoisotopic (exact) mass is 270 g/mol. The zero-order chi connectivity index (χ0) is 13.2. The Morgan fingerprint density at radius 3 is 2.84 bits per heavy atom. The van der Waals surface area contributed by atoms with Crippen molar-refractivity contribution in [2.45, 2.75) is 6.42 Å². The lowest BCUT2D eigenvalue weighted by molar-refractivity contribution is -0.117. The van der Waals surface area contributed by atoms with Crippen LogP contribution in [-0.4, -0.2) is 27.6 Å². The molecule has 0 N–H and O–H groups in total. The van der Waals surface area contributed by atoms with Crippen LogP contribution in [0.4, 0.5) is 5.13 Å². The topological polar surface area (TPSA) is 59.0 Å². The Hall–Kier alpha value is -2.26. The summed E-state index contributed by atoms with van der Waals surface area (Å²) in [5.74, 6) is 2.61. The summed E-state index contributed by atoms with van der Waals surface area (Å²) in [5, 5.41) is 9.57. The van der Waals surface area contributed by atoms with Crippen LogP contribution in [0.15, 0.2) is 24.5 Å². The molecule has 2 aromatic heterocycles. The van der Waals surface area contributed by atoms with Crippen molar-refractivity contribution in [2.75, 3.05) is 11.4 Å². The van der Waals surface area contributed by atoms with E-state index >= 15 is 0 Å². The number of hydrogen-bond donors (Lipinski definition) is 0. The molecule has 0 spiro atoms. The summed E-state index contributed by atoms with van der Waals surface area (Å²) >= 11 is 1.39. The molecule has 0 bridgehead atoms. The lowest BCUT2D eigenvalue weighted by Crippen LogP contribution is -2.24. The molecule has 1 unspecified atom stereocenters. The maximum Gasteiger partial charge on any atom is 0.230 e. The normalized spacial score (nSPS) is 18.6. The van der Waals surface area contributed by atoms with Gasteiger partial charge in [0, 0.05) is 36.8 Å². The van der Waals surface area contributed by atoms with Gasteiger partial charge in [0.2, 0.25) is 11.0 Å². The smallest absolute Gasteiger partial charge is 0.230 e. The van der Waals surface area contributed by atoms with Gasteiger partial charge in [-0.2, -0.15) is 0 Å². The number of hydrogen-bond acceptors (Lipinski definition) is 5. The van der Waals surface area contributed by atoms with E-state index in [2.05, 4.69) is 21.1 Å². The molecule has 1 amide bonds. The van der Waals surface area contributed by atoms with Gasteiger partial charge in [0.1, 0.15) is 5.01 Å². The Morgan fingerprint density at radius 2 is 2.16 bits per heavy atom. The van der Waals surface area contributed by atoms with Gasteiger partial charge in [0.05, 0.1) is 0 Å². The molecule has 94 valence electrons. The van der Waals surface area contributed by atoms with Crippen LogP contribution >= 0.6 is 11.3 Å². The second-order valence-corrected chi connectivity index (χ2v) is 5.15. The average Bonchev–Trinajstić information content (AvgIpc) is 3.06. The second kappa shape index (κ2) is 4.78. The van der Waals surface area contributed by atoms with Crippen LogP contribution in [0.1, 0.15) is 6.42 Å². The summed E-state index contributed by atoms with van der Waals surface area (Å²) < 4.78 is 0. The summed E-state index contributed by atoms with van der Waals surface area (Å²) in [6, 6.07) is 3.72. The molecule has 6 heteroatoms. The van der Waals surface area contributed by atoms with Crippen molar-refractivity contribution in [3.05, 3.63) is 24.5 Å². The van der Waals surface area contributed by atoms with E-state index in [0.717, 1.165) is 10.6 Å². The predicted molar refractivity (Wildman–Crippen MR) is 72.4 cm³/mol. The molecule has 5 nitrogen and oxygen atoms in total. The third kappa shape index (κ3) is 2.20. The number of amides is 1. The lowest BCUT2D eigenvalue weighted by atomic mass is 10.1. The number of nitrogens with zero attached hydrogens (tertiary/aromatic N) is 4. The molecule has 0 saturated carbocycles. The van der Waals surface area contributed by atoms with E-state index in [0.29, 0.717) is 18.1 Å². The molecule has 1 aliphatic heterocycles. The number of terminal acetylenes is 1. The summed E-state index contributed by atoms with van der Waals surface area (Å²) in [6.45, 7) is 0.528. The van der Waals surface area contributed by atoms with Crippen LogP contribution in [0.25, 0.3) is 10.6 Å². The van der Waals surface area contributed by atoms with Crippen LogP contribution in [-0.2, 0) is 4.79 Å². The minimum Gasteiger partial charge on any atom is -0.285 e. The van der Waals surface area contributed by atoms with Gasteiger partial charge in [-0.1, -0.05) is 11.3 Å². The highest BCUT2D eigenvalue weighted by Gasteiger charge is 2.31. The van der Waals surface area contributed by atoms with Crippen molar-refractivity contribution < 1.29 is 4.79 Å². The standard InChI is InChI=1S/C13H10N4OS/c1-2-9-7-11(18)17(8-9)13-16-15-12(19-13)10-3-5-14-6-4-10/h1,3-6,9H,7-8H2. The van der Waals surface area contributed by atoms with Crippen molar-refractivity contribution in [1.82, 2.24) is 15.2 Å². The van der Waals surface area contributed by atoms with Crippen molar-refractivity contribution in [2.24, 2.45) is 5.92 Å². The number of pyridine rings is 1. The van der Waals surface area contributed by atoms with Gasteiger partial charge in [-0.25, -0.2) is 0 Å². The van der Waals surface area contributed by atoms with E-state index in [1.165, 1.54) is 11.3 Å². The highest BCUT2D eigenvalue weighted by atomic mass is 32.1. The number of carbonyl (C=O) groups is 1. The Morgan fingerprint density at radius 1 is 1.37 bits per heavy atom. The number of rotatable bonds is 2. The minimum absolute atomic E-state index is 0.0142. The average molecular weight is 270 g/mol. The quantitative estimate of drug-likeness (QED) is 0.777. The molecule has 3 heterocycles. The molecule has 0 aliphatic carbocycles. The highest BCUT2D eigenvalue weighted by molar-refractivity contribution is 7.18. The zero-order valence-corrected chi connectivity index (χ0v) is 10.8. The summed E-state index contributed by atoms with van der Waals surface area (Å²) in [4.78, 5) is 17.4. The summed E-state index contributed by atoms with van der Waals surface area (Å²) in [6.07, 6.45) is 9.15. The van der Waals surface area contributed by atoms with Gasteiger partial charge >= 0.3 is 0 Å². The zero-order valence-electron chi connectivity index (χ0n) is 9.98. The molecule has 3 rings (SSSR count). The Bertz CT molecular complexity index is 646. The van der Waals surface area contributed by atoms with Crippen molar-refractivity contribution >= 4 is 22.4 Å². The molecule has 1 saturated heterocycles. The molecule has 0 aromatic carbocycles. The van der Waals surface area contributed by atoms with Crippen LogP contribution in [0.3, 0.4) is 0 Å². The molecular weight excluding hydrogens is 260 g/mol. The third-order valence-corrected chi connectivity index (χ3v) is 3.93. The maximum atomic E-state index is 11.8. The van der Waals surface area contributed by atoms with E-state index in [1.54, 1.807) is 17.3 Å². The first-order valence-electron chi connectivity index (χ1n) is 5.78. The molecule has 1 fully saturated rings. The number of aromatic nitrogens is 3. The Balaban J connectivity index is 1.87. The molecule has 1 aliphatic rings. The van der Waals surface area contributed by atoms with Gasteiger partial charge in [0.25, 0.3) is 0 Å². The first kappa shape index (κ1) is 11.8. The lowest BCUT2D eigenvalue weighted by Gasteiger charge is -2.09. The first-order chi connectivity index (χ1) is 9.28. The van der Waals surface area contributed by atoms with Gasteiger partial charge in [-0.3, -0.25) is 14.7 Å². The molecule has 19 heavy (non-hydrogen) atoms. The number of anilines is 1. The van der Waals surface area contributed by atoms with E-state index in [-0.39, 0.29) is 11.8 Å². The fourth-order valence-electron chi connectivity index (χ4n) is 1.94. The van der Waals surface area contributed by atoms with Gasteiger partial charge in [-0.05, 0) is 12.1 Å². The van der Waals surface area contributed by atoms with E-state index in [1.807, 2.05) is 12.1 Å². The molecule has 0 radical (unpaired) electrons. The van der Waals surface area contributed by atoms with Crippen LogP contribution in [0, 0.1) is 18.3 Å². The minimum atomic E-state index is -0.0271. The molecule has 2 aromatic rings. The second-order valence-electron chi connectivity index (χ2n) is 4.20. The van der Waals surface area contributed by atoms with Crippen LogP contribution in [0.2, 0.25) is 0 Å². The van der Waals surface area contributed by atoms with Crippen molar-refractivity contribution in [3.8, 4) is 22.9 Å². The van der Waals surface area contributed by atoms with Crippen molar-refractivity contribution in [3.63, 3.8) is 0 Å². The fraction of sp³-hybridized carbons (Fsp3) is 0.231. The predicted octanol–water partition coefficient (Wildman–Crippen LogP) is 1.59. The van der Waals surface area contributed by atoms with Gasteiger partial charge < -0.3 is 0 Å². The molecule has 1 atom stereocenters. The summed E-state index contributed by atoms with van der Waals surface area (Å²) in [7, 11) is 0. The third-order valence-electron chi connectivity index (χ3n) is 2.93. The largest absolute Gasteiger partial charge is 0.285 e. The molecular formula is C13H10N4OS. The maximum absolute atomic E-state index is 11.8. The fourth-order valence-corrected chi connectivity index (χ4v) is 2.82. The summed E-state index contributed by atoms with van der Waals surface area (Å²) in [5.41, 5.74) is 0.943. The number of carbonyl (C=O) groups excluding carboxylic acids is 1. The van der Waals surface area contributed by atoms with E-state index in [4.69, 9.17) is 6.42 Å². The van der Waals surface area contributed by atoms with Crippen LogP contribution < -0.4 is 4.90 Å². The van der Waals surface area contributed by atoms with Crippen molar-refractivity contribution in [1.29, 1.82) is 0 Å². The first-order valence-corrected chi connectivity index (χ1v) is 6.60. The van der Waals surface area contributed by atoms with Gasteiger partial charge in [-0.15, -0.1) is 22.5 Å². The van der Waals surface area contributed by atoms with E-state index in [9.17, 15) is 4.79 Å². The van der Waals surface area contributed by atoms with Crippen LogP contribution in [0.5, 0.6) is 0 Å². The Kier molecular flexibility index (Phi) is 2.97. The van der Waals surface area contributed by atoms with E-state index < -0.39 is 0 Å². The highest BCUT2D eigenvalue weighted by Crippen LogP contribution is 2.31. The Labute approximate surface area is 114 Å². The van der Waals surface area contributed by atoms with Gasteiger partial charge in [0.15, 0.2) is 0 Å². The SMILES string of the molecule is C#CC1CC(=O)N(c2nnc(-c3ccncc3)s2)C1.